The van der Waals surface area contributed by atoms with Gasteiger partial charge in [-0.25, -0.2) is 9.78 Å². The summed E-state index contributed by atoms with van der Waals surface area (Å²) in [6, 6.07) is 2.99. The van der Waals surface area contributed by atoms with Gasteiger partial charge in [-0.05, 0) is 32.4 Å². The number of pyridine rings is 1. The fraction of sp³-hybridized carbons (Fsp3) is 0.462. The van der Waals surface area contributed by atoms with Gasteiger partial charge < -0.3 is 15.6 Å². The second kappa shape index (κ2) is 5.79. The van der Waals surface area contributed by atoms with Crippen LogP contribution in [-0.4, -0.2) is 27.6 Å². The molecule has 0 aromatic carbocycles. The second-order valence-electron chi connectivity index (χ2n) is 5.08. The van der Waals surface area contributed by atoms with Crippen molar-refractivity contribution in [2.45, 2.75) is 39.3 Å². The summed E-state index contributed by atoms with van der Waals surface area (Å²) in [7, 11) is 0. The number of carboxylic acid groups (broad SMARTS) is 1. The van der Waals surface area contributed by atoms with Gasteiger partial charge >= 0.3 is 11.9 Å². The van der Waals surface area contributed by atoms with Gasteiger partial charge in [0.2, 0.25) is 0 Å². The topological polar surface area (TPSA) is 103 Å². The maximum atomic E-state index is 11.8. The number of aliphatic carboxylic acids is 1. The van der Waals surface area contributed by atoms with Crippen LogP contribution in [0.3, 0.4) is 0 Å². The summed E-state index contributed by atoms with van der Waals surface area (Å²) in [5.41, 5.74) is 5.93. The van der Waals surface area contributed by atoms with Crippen molar-refractivity contribution in [1.29, 1.82) is 0 Å². The molecule has 6 heteroatoms. The third-order valence-corrected chi connectivity index (χ3v) is 2.21. The average Bonchev–Trinajstić information content (AvgIpc) is 2.26. The summed E-state index contributed by atoms with van der Waals surface area (Å²) in [5, 5.41) is 8.76. The summed E-state index contributed by atoms with van der Waals surface area (Å²) in [4.78, 5) is 26.6. The molecular formula is C13H18N2O4. The molecule has 3 N–H and O–H groups in total. The molecule has 0 saturated carbocycles. The summed E-state index contributed by atoms with van der Waals surface area (Å²) >= 11 is 0. The standard InChI is InChI=1S/C13H18N2O4/c1-13(2,3)19-12(18)9-5-4-8(6-11(16)17)10(7-14)15-9/h4-5H,6-7,14H2,1-3H3,(H,16,17). The molecule has 6 nitrogen and oxygen atoms in total. The Bertz CT molecular complexity index is 492. The summed E-state index contributed by atoms with van der Waals surface area (Å²) < 4.78 is 5.19. The van der Waals surface area contributed by atoms with Gasteiger partial charge in [-0.1, -0.05) is 6.07 Å². The van der Waals surface area contributed by atoms with Gasteiger partial charge in [-0.2, -0.15) is 0 Å². The fourth-order valence-corrected chi connectivity index (χ4v) is 1.47. The summed E-state index contributed by atoms with van der Waals surface area (Å²) in [6.07, 6.45) is -0.172. The Hall–Kier alpha value is -1.95. The van der Waals surface area contributed by atoms with E-state index in [0.29, 0.717) is 11.3 Å². The number of carboxylic acids is 1. The highest BCUT2D eigenvalue weighted by Crippen LogP contribution is 2.13. The number of hydrogen-bond donors (Lipinski definition) is 2. The molecule has 1 heterocycles. The number of aromatic nitrogens is 1. The van der Waals surface area contributed by atoms with Crippen molar-refractivity contribution in [1.82, 2.24) is 4.98 Å². The van der Waals surface area contributed by atoms with Crippen molar-refractivity contribution in [2.24, 2.45) is 5.73 Å². The number of rotatable bonds is 4. The zero-order valence-electron chi connectivity index (χ0n) is 11.3. The Morgan fingerprint density at radius 1 is 1.37 bits per heavy atom. The zero-order valence-corrected chi connectivity index (χ0v) is 11.3. The Morgan fingerprint density at radius 2 is 2.00 bits per heavy atom. The molecule has 1 aromatic heterocycles. The molecule has 0 unspecified atom stereocenters. The number of carbonyl (C=O) groups is 2. The smallest absolute Gasteiger partial charge is 0.357 e. The molecule has 19 heavy (non-hydrogen) atoms. The summed E-state index contributed by atoms with van der Waals surface area (Å²) in [6.45, 7) is 5.34. The van der Waals surface area contributed by atoms with Crippen LogP contribution in [0, 0.1) is 0 Å². The molecule has 0 atom stereocenters. The fourth-order valence-electron chi connectivity index (χ4n) is 1.47. The molecule has 0 bridgehead atoms. The maximum Gasteiger partial charge on any atom is 0.357 e. The van der Waals surface area contributed by atoms with Crippen molar-refractivity contribution in [3.05, 3.63) is 29.1 Å². The van der Waals surface area contributed by atoms with Crippen LogP contribution in [0.2, 0.25) is 0 Å². The van der Waals surface area contributed by atoms with Crippen molar-refractivity contribution in [2.75, 3.05) is 0 Å². The Kier molecular flexibility index (Phi) is 4.61. The normalized spacial score (nSPS) is 11.2. The lowest BCUT2D eigenvalue weighted by atomic mass is 10.1. The molecule has 0 radical (unpaired) electrons. The molecule has 1 aromatic rings. The lowest BCUT2D eigenvalue weighted by Gasteiger charge is -2.19. The summed E-state index contributed by atoms with van der Waals surface area (Å²) in [5.74, 6) is -1.52. The van der Waals surface area contributed by atoms with Gasteiger partial charge in [-0.3, -0.25) is 4.79 Å². The lowest BCUT2D eigenvalue weighted by molar-refractivity contribution is -0.136. The number of nitrogens with zero attached hydrogens (tertiary/aromatic N) is 1. The maximum absolute atomic E-state index is 11.8. The molecular weight excluding hydrogens is 248 g/mol. The molecule has 0 fully saturated rings. The van der Waals surface area contributed by atoms with Crippen LogP contribution in [0.5, 0.6) is 0 Å². The number of esters is 1. The van der Waals surface area contributed by atoms with E-state index in [1.54, 1.807) is 26.8 Å². The zero-order chi connectivity index (χ0) is 14.6. The number of nitrogens with two attached hydrogens (primary N) is 1. The highest BCUT2D eigenvalue weighted by atomic mass is 16.6. The highest BCUT2D eigenvalue weighted by molar-refractivity contribution is 5.87. The van der Waals surface area contributed by atoms with E-state index in [4.69, 9.17) is 15.6 Å². The van der Waals surface area contributed by atoms with Gasteiger partial charge in [0.05, 0.1) is 12.1 Å². The first-order valence-corrected chi connectivity index (χ1v) is 5.87. The predicted molar refractivity (Wildman–Crippen MR) is 68.6 cm³/mol. The Morgan fingerprint density at radius 3 is 2.47 bits per heavy atom. The Balaban J connectivity index is 2.99. The van der Waals surface area contributed by atoms with Gasteiger partial charge in [-0.15, -0.1) is 0 Å². The average molecular weight is 266 g/mol. The lowest BCUT2D eigenvalue weighted by Crippen LogP contribution is -2.25. The van der Waals surface area contributed by atoms with Crippen LogP contribution < -0.4 is 5.73 Å². The van der Waals surface area contributed by atoms with Gasteiger partial charge in [0.15, 0.2) is 0 Å². The molecule has 0 spiro atoms. The number of hydrogen-bond acceptors (Lipinski definition) is 5. The minimum atomic E-state index is -0.971. The van der Waals surface area contributed by atoms with Crippen molar-refractivity contribution in [3.63, 3.8) is 0 Å². The van der Waals surface area contributed by atoms with E-state index < -0.39 is 17.5 Å². The van der Waals surface area contributed by atoms with Crippen LogP contribution in [0.25, 0.3) is 0 Å². The molecule has 104 valence electrons. The van der Waals surface area contributed by atoms with Crippen molar-refractivity contribution >= 4 is 11.9 Å². The second-order valence-corrected chi connectivity index (χ2v) is 5.08. The SMILES string of the molecule is CC(C)(C)OC(=O)c1ccc(CC(=O)O)c(CN)n1. The van der Waals surface area contributed by atoms with E-state index in [1.165, 1.54) is 6.07 Å². The van der Waals surface area contributed by atoms with E-state index in [0.717, 1.165) is 0 Å². The van der Waals surface area contributed by atoms with Gasteiger partial charge in [0.25, 0.3) is 0 Å². The van der Waals surface area contributed by atoms with Gasteiger partial charge in [0.1, 0.15) is 11.3 Å². The minimum absolute atomic E-state index is 0.0687. The molecule has 0 aliphatic heterocycles. The molecule has 0 aliphatic carbocycles. The Labute approximate surface area is 111 Å². The first-order valence-electron chi connectivity index (χ1n) is 5.87. The van der Waals surface area contributed by atoms with Gasteiger partial charge in [0, 0.05) is 6.54 Å². The quantitative estimate of drug-likeness (QED) is 0.792. The first-order chi connectivity index (χ1) is 8.73. The third kappa shape index (κ3) is 4.67. The highest BCUT2D eigenvalue weighted by Gasteiger charge is 2.20. The van der Waals surface area contributed by atoms with E-state index in [9.17, 15) is 9.59 Å². The number of ether oxygens (including phenoxy) is 1. The van der Waals surface area contributed by atoms with E-state index >= 15 is 0 Å². The minimum Gasteiger partial charge on any atom is -0.481 e. The number of carbonyl (C=O) groups excluding carboxylic acids is 1. The molecule has 0 saturated heterocycles. The monoisotopic (exact) mass is 266 g/mol. The van der Waals surface area contributed by atoms with E-state index in [1.807, 2.05) is 0 Å². The van der Waals surface area contributed by atoms with E-state index in [2.05, 4.69) is 4.98 Å². The van der Waals surface area contributed by atoms with E-state index in [-0.39, 0.29) is 18.7 Å². The predicted octanol–water partition coefficient (Wildman–Crippen LogP) is 1.12. The van der Waals surface area contributed by atoms with Crippen LogP contribution in [0.1, 0.15) is 42.5 Å². The van der Waals surface area contributed by atoms with Crippen molar-refractivity contribution < 1.29 is 19.4 Å². The van der Waals surface area contributed by atoms with Crippen LogP contribution >= 0.6 is 0 Å². The molecule has 0 amide bonds. The van der Waals surface area contributed by atoms with Crippen LogP contribution in [0.4, 0.5) is 0 Å². The van der Waals surface area contributed by atoms with Crippen molar-refractivity contribution in [3.8, 4) is 0 Å². The molecule has 1 rings (SSSR count). The molecule has 0 aliphatic rings. The first kappa shape index (κ1) is 15.1. The van der Waals surface area contributed by atoms with Crippen LogP contribution in [0.15, 0.2) is 12.1 Å². The largest absolute Gasteiger partial charge is 0.481 e. The third-order valence-electron chi connectivity index (χ3n) is 2.21. The van der Waals surface area contributed by atoms with Crippen LogP contribution in [-0.2, 0) is 22.5 Å².